The second kappa shape index (κ2) is 9.73. The summed E-state index contributed by atoms with van der Waals surface area (Å²) in [6, 6.07) is 17.4. The third-order valence-electron chi connectivity index (χ3n) is 3.60. The first-order valence-corrected chi connectivity index (χ1v) is 8.46. The van der Waals surface area contributed by atoms with Gasteiger partial charge in [-0.05, 0) is 29.3 Å². The fourth-order valence-electron chi connectivity index (χ4n) is 2.26. The number of Topliss-reactive ketones (excluding diaryl/α,β-unsaturated/α-hetero) is 1. The number of thiocarbonyl (C=S) groups is 1. The van der Waals surface area contributed by atoms with Crippen LogP contribution in [0.5, 0.6) is 0 Å². The molecule has 0 N–H and O–H groups in total. The number of ether oxygens (including phenoxy) is 1. The van der Waals surface area contributed by atoms with E-state index in [-0.39, 0.29) is 24.6 Å². The van der Waals surface area contributed by atoms with Gasteiger partial charge in [0.1, 0.15) is 0 Å². The molecule has 24 heavy (non-hydrogen) atoms. The maximum Gasteiger partial charge on any atom is 0.306 e. The van der Waals surface area contributed by atoms with Gasteiger partial charge in [0.2, 0.25) is 0 Å². The van der Waals surface area contributed by atoms with Crippen molar-refractivity contribution in [2.24, 2.45) is 0 Å². The minimum atomic E-state index is -0.339. The fraction of sp³-hybridized carbons (Fsp3) is 0.250. The largest absolute Gasteiger partial charge is 0.466 e. The highest BCUT2D eigenvalue weighted by atomic mass is 32.1. The summed E-state index contributed by atoms with van der Waals surface area (Å²) in [6.45, 7) is 0.353. The molecule has 2 aromatic rings. The highest BCUT2D eigenvalue weighted by molar-refractivity contribution is 7.78. The summed E-state index contributed by atoms with van der Waals surface area (Å²) >= 11 is 4.70. The molecule has 4 heteroatoms. The Bertz CT molecular complexity index is 678. The smallest absolute Gasteiger partial charge is 0.306 e. The van der Waals surface area contributed by atoms with Crippen molar-refractivity contribution < 1.29 is 14.3 Å². The lowest BCUT2D eigenvalue weighted by Gasteiger charge is -2.05. The van der Waals surface area contributed by atoms with Gasteiger partial charge in [0.25, 0.3) is 0 Å². The van der Waals surface area contributed by atoms with E-state index in [0.717, 1.165) is 24.0 Å². The van der Waals surface area contributed by atoms with E-state index in [1.54, 1.807) is 17.5 Å². The Labute approximate surface area is 147 Å². The van der Waals surface area contributed by atoms with Crippen molar-refractivity contribution in [1.82, 2.24) is 0 Å². The van der Waals surface area contributed by atoms with Gasteiger partial charge in [-0.25, -0.2) is 0 Å². The van der Waals surface area contributed by atoms with E-state index < -0.39 is 0 Å². The van der Waals surface area contributed by atoms with Crippen molar-refractivity contribution in [3.05, 3.63) is 60.2 Å². The Morgan fingerprint density at radius 2 is 1.58 bits per heavy atom. The Morgan fingerprint density at radius 1 is 0.917 bits per heavy atom. The van der Waals surface area contributed by atoms with Crippen LogP contribution in [-0.2, 0) is 9.53 Å². The molecule has 0 radical (unpaired) electrons. The average molecular weight is 340 g/mol. The number of ketones is 1. The first kappa shape index (κ1) is 18.0. The van der Waals surface area contributed by atoms with E-state index >= 15 is 0 Å². The van der Waals surface area contributed by atoms with Crippen molar-refractivity contribution in [3.8, 4) is 11.1 Å². The molecular formula is C20H20O3S. The van der Waals surface area contributed by atoms with Crippen LogP contribution in [0.4, 0.5) is 0 Å². The molecule has 0 saturated carbocycles. The Balaban J connectivity index is 1.82. The number of hydrogen-bond donors (Lipinski definition) is 0. The summed E-state index contributed by atoms with van der Waals surface area (Å²) in [5, 5.41) is 1.62. The fourth-order valence-corrected chi connectivity index (χ4v) is 2.43. The lowest BCUT2D eigenvalue weighted by Crippen LogP contribution is -2.09. The van der Waals surface area contributed by atoms with Gasteiger partial charge >= 0.3 is 5.97 Å². The minimum Gasteiger partial charge on any atom is -0.466 e. The molecule has 2 aromatic carbocycles. The molecule has 0 atom stereocenters. The molecule has 0 amide bonds. The number of esters is 1. The van der Waals surface area contributed by atoms with E-state index in [9.17, 15) is 9.59 Å². The maximum absolute atomic E-state index is 12.1. The molecule has 0 aliphatic heterocycles. The highest BCUT2D eigenvalue weighted by Crippen LogP contribution is 2.19. The van der Waals surface area contributed by atoms with Gasteiger partial charge in [-0.3, -0.25) is 9.59 Å². The number of carbonyl (C=O) groups is 2. The van der Waals surface area contributed by atoms with Gasteiger partial charge in [0.05, 0.1) is 13.0 Å². The van der Waals surface area contributed by atoms with Gasteiger partial charge in [0, 0.05) is 12.0 Å². The second-order valence-electron chi connectivity index (χ2n) is 5.40. The van der Waals surface area contributed by atoms with Gasteiger partial charge in [0.15, 0.2) is 5.78 Å². The molecule has 0 aliphatic rings. The van der Waals surface area contributed by atoms with E-state index in [2.05, 4.69) is 0 Å². The molecular weight excluding hydrogens is 320 g/mol. The van der Waals surface area contributed by atoms with Gasteiger partial charge < -0.3 is 4.74 Å². The molecule has 2 rings (SSSR count). The van der Waals surface area contributed by atoms with Crippen LogP contribution in [0.15, 0.2) is 54.6 Å². The van der Waals surface area contributed by atoms with Crippen LogP contribution in [0.25, 0.3) is 11.1 Å². The van der Waals surface area contributed by atoms with E-state index in [0.29, 0.717) is 12.2 Å². The molecule has 0 aliphatic carbocycles. The van der Waals surface area contributed by atoms with Crippen LogP contribution in [0, 0.1) is 0 Å². The van der Waals surface area contributed by atoms with Crippen molar-refractivity contribution in [1.29, 1.82) is 0 Å². The lowest BCUT2D eigenvalue weighted by molar-refractivity contribution is -0.143. The first-order chi connectivity index (χ1) is 11.7. The van der Waals surface area contributed by atoms with Gasteiger partial charge in [-0.2, -0.15) is 0 Å². The number of rotatable bonds is 9. The predicted octanol–water partition coefficient (Wildman–Crippen LogP) is 4.64. The third kappa shape index (κ3) is 5.70. The van der Waals surface area contributed by atoms with Crippen molar-refractivity contribution in [3.63, 3.8) is 0 Å². The van der Waals surface area contributed by atoms with E-state index in [1.165, 1.54) is 0 Å². The van der Waals surface area contributed by atoms with Crippen LogP contribution in [0.1, 0.15) is 36.0 Å². The summed E-state index contributed by atoms with van der Waals surface area (Å²) in [6.07, 6.45) is 1.74. The molecule has 124 valence electrons. The minimum absolute atomic E-state index is 0.0505. The summed E-state index contributed by atoms with van der Waals surface area (Å²) in [5.41, 5.74) is 2.78. The lowest BCUT2D eigenvalue weighted by atomic mass is 10.0. The molecule has 0 unspecified atom stereocenters. The number of benzene rings is 2. The summed E-state index contributed by atoms with van der Waals surface area (Å²) in [5.74, 6) is -0.390. The highest BCUT2D eigenvalue weighted by Gasteiger charge is 2.10. The number of hydrogen-bond acceptors (Lipinski definition) is 4. The molecule has 0 spiro atoms. The van der Waals surface area contributed by atoms with Gasteiger partial charge in [-0.1, -0.05) is 66.8 Å². The quantitative estimate of drug-likeness (QED) is 0.289. The van der Waals surface area contributed by atoms with Crippen LogP contribution >= 0.6 is 12.2 Å². The maximum atomic E-state index is 12.1. The zero-order valence-electron chi connectivity index (χ0n) is 13.4. The summed E-state index contributed by atoms with van der Waals surface area (Å²) < 4.78 is 5.05. The van der Waals surface area contributed by atoms with Crippen LogP contribution in [-0.4, -0.2) is 23.7 Å². The molecule has 3 nitrogen and oxygen atoms in total. The standard InChI is InChI=1S/C20H20O3S/c21-19(12-13-20(22)23-14-4-5-15-24)18-10-8-17(9-11-18)16-6-2-1-3-7-16/h1-3,6-11,15H,4-5,12-14H2. The molecule has 0 fully saturated rings. The summed E-state index contributed by atoms with van der Waals surface area (Å²) in [7, 11) is 0. The normalized spacial score (nSPS) is 10.2. The monoisotopic (exact) mass is 340 g/mol. The SMILES string of the molecule is O=C(CCC(=O)c1ccc(-c2ccccc2)cc1)OCCCC=S. The number of carbonyl (C=O) groups excluding carboxylic acids is 2. The average Bonchev–Trinajstić information content (AvgIpc) is 2.64. The third-order valence-corrected chi connectivity index (χ3v) is 3.84. The van der Waals surface area contributed by atoms with Crippen LogP contribution < -0.4 is 0 Å². The molecule has 0 heterocycles. The zero-order chi connectivity index (χ0) is 17.2. The Hall–Kier alpha value is -2.33. The Kier molecular flexibility index (Phi) is 7.30. The Morgan fingerprint density at radius 3 is 2.25 bits per heavy atom. The number of unbranched alkanes of at least 4 members (excludes halogenated alkanes) is 1. The van der Waals surface area contributed by atoms with Crippen LogP contribution in [0.2, 0.25) is 0 Å². The topological polar surface area (TPSA) is 43.4 Å². The van der Waals surface area contributed by atoms with E-state index in [4.69, 9.17) is 17.0 Å². The zero-order valence-corrected chi connectivity index (χ0v) is 14.3. The van der Waals surface area contributed by atoms with Gasteiger partial charge in [-0.15, -0.1) is 0 Å². The van der Waals surface area contributed by atoms with Crippen molar-refractivity contribution >= 4 is 29.3 Å². The second-order valence-corrected chi connectivity index (χ2v) is 5.73. The molecule has 0 bridgehead atoms. The van der Waals surface area contributed by atoms with Crippen molar-refractivity contribution in [2.75, 3.05) is 6.61 Å². The van der Waals surface area contributed by atoms with Crippen LogP contribution in [0.3, 0.4) is 0 Å². The van der Waals surface area contributed by atoms with E-state index in [1.807, 2.05) is 42.5 Å². The predicted molar refractivity (Wildman–Crippen MR) is 99.3 cm³/mol. The molecule has 0 aromatic heterocycles. The first-order valence-electron chi connectivity index (χ1n) is 7.98. The molecule has 0 saturated heterocycles. The van der Waals surface area contributed by atoms with Crippen molar-refractivity contribution in [2.45, 2.75) is 25.7 Å². The summed E-state index contributed by atoms with van der Waals surface area (Å²) in [4.78, 5) is 23.7.